The molecule has 2 amide bonds. The molecule has 3 rings (SSSR count). The fourth-order valence-electron chi connectivity index (χ4n) is 4.04. The maximum atomic E-state index is 14.0. The van der Waals surface area contributed by atoms with E-state index in [1.165, 1.54) is 12.1 Å². The molecule has 0 fully saturated rings. The van der Waals surface area contributed by atoms with E-state index in [1.807, 2.05) is 56.9 Å². The van der Waals surface area contributed by atoms with Crippen molar-refractivity contribution < 1.29 is 18.7 Å². The van der Waals surface area contributed by atoms with E-state index < -0.39 is 6.10 Å². The number of rotatable bonds is 7. The molecule has 5 nitrogen and oxygen atoms in total. The lowest BCUT2D eigenvalue weighted by molar-refractivity contribution is -0.133. The Morgan fingerprint density at radius 2 is 1.97 bits per heavy atom. The molecule has 0 saturated carbocycles. The molecule has 0 spiro atoms. The molecule has 2 atom stereocenters. The Hall–Kier alpha value is -2.89. The van der Waals surface area contributed by atoms with E-state index in [0.29, 0.717) is 25.1 Å². The van der Waals surface area contributed by atoms with Crippen molar-refractivity contribution in [2.75, 3.05) is 6.54 Å². The van der Waals surface area contributed by atoms with Gasteiger partial charge in [-0.05, 0) is 67.6 Å². The topological polar surface area (TPSA) is 58.6 Å². The van der Waals surface area contributed by atoms with Gasteiger partial charge in [0.25, 0.3) is 5.91 Å². The molecule has 1 aliphatic rings. The van der Waals surface area contributed by atoms with E-state index in [1.54, 1.807) is 6.07 Å². The quantitative estimate of drug-likeness (QED) is 0.714. The number of hydrogen-bond donors (Lipinski definition) is 1. The first-order chi connectivity index (χ1) is 14.8. The van der Waals surface area contributed by atoms with Gasteiger partial charge >= 0.3 is 0 Å². The van der Waals surface area contributed by atoms with Gasteiger partial charge in [0.1, 0.15) is 11.6 Å². The number of halogens is 1. The minimum atomic E-state index is -0.606. The summed E-state index contributed by atoms with van der Waals surface area (Å²) in [5.74, 6) is 0.0997. The zero-order valence-corrected chi connectivity index (χ0v) is 18.7. The Balaban J connectivity index is 1.98. The van der Waals surface area contributed by atoms with Crippen LogP contribution in [0.4, 0.5) is 4.39 Å². The molecule has 31 heavy (non-hydrogen) atoms. The zero-order chi connectivity index (χ0) is 22.5. The lowest BCUT2D eigenvalue weighted by atomic mass is 9.87. The smallest absolute Gasteiger partial charge is 0.261 e. The minimum Gasteiger partial charge on any atom is -0.481 e. The molecule has 1 aliphatic heterocycles. The van der Waals surface area contributed by atoms with E-state index >= 15 is 0 Å². The molecular weight excluding hydrogens is 395 g/mol. The summed E-state index contributed by atoms with van der Waals surface area (Å²) in [7, 11) is 0. The third-order valence-corrected chi connectivity index (χ3v) is 5.51. The number of fused-ring (bicyclic) bond motifs is 1. The van der Waals surface area contributed by atoms with Crippen LogP contribution in [-0.4, -0.2) is 35.4 Å². The van der Waals surface area contributed by atoms with Gasteiger partial charge in [0.05, 0.1) is 6.04 Å². The number of carbonyl (C=O) groups is 2. The molecule has 6 heteroatoms. The summed E-state index contributed by atoms with van der Waals surface area (Å²) < 4.78 is 20.1. The summed E-state index contributed by atoms with van der Waals surface area (Å²) in [5, 5.41) is 2.89. The Morgan fingerprint density at radius 3 is 2.61 bits per heavy atom. The third kappa shape index (κ3) is 5.24. The molecule has 0 aromatic heterocycles. The van der Waals surface area contributed by atoms with Crippen molar-refractivity contribution >= 4 is 11.8 Å². The number of ether oxygens (including phenoxy) is 1. The number of hydrogen-bond acceptors (Lipinski definition) is 3. The first kappa shape index (κ1) is 22.8. The van der Waals surface area contributed by atoms with Crippen LogP contribution in [-0.2, 0) is 16.0 Å². The molecule has 0 radical (unpaired) electrons. The maximum absolute atomic E-state index is 14.0. The van der Waals surface area contributed by atoms with Gasteiger partial charge in [-0.15, -0.1) is 0 Å². The third-order valence-electron chi connectivity index (χ3n) is 5.51. The van der Waals surface area contributed by atoms with Gasteiger partial charge in [-0.1, -0.05) is 32.0 Å². The van der Waals surface area contributed by atoms with Gasteiger partial charge in [-0.3, -0.25) is 9.59 Å². The van der Waals surface area contributed by atoms with Crippen molar-refractivity contribution in [3.05, 3.63) is 65.0 Å². The monoisotopic (exact) mass is 426 g/mol. The average Bonchev–Trinajstić information content (AvgIpc) is 2.75. The van der Waals surface area contributed by atoms with Crippen LogP contribution in [0.15, 0.2) is 42.5 Å². The fraction of sp³-hybridized carbons (Fsp3) is 0.440. The Bertz CT molecular complexity index is 944. The van der Waals surface area contributed by atoms with Crippen molar-refractivity contribution in [3.63, 3.8) is 0 Å². The molecule has 2 aromatic rings. The second kappa shape index (κ2) is 9.94. The van der Waals surface area contributed by atoms with E-state index in [2.05, 4.69) is 5.32 Å². The van der Waals surface area contributed by atoms with Crippen molar-refractivity contribution in [2.45, 2.75) is 65.1 Å². The van der Waals surface area contributed by atoms with Gasteiger partial charge < -0.3 is 15.0 Å². The number of carbonyl (C=O) groups excluding carboxylic acids is 2. The predicted molar refractivity (Wildman–Crippen MR) is 118 cm³/mol. The standard InChI is InChI=1S/C25H31FN2O3/c1-5-22(25(30)27-16(3)4)31-20-11-10-17-12-13-28(23(29)6-2)24(21(17)15-20)18-8-7-9-19(26)14-18/h7-11,14-16,22,24H,5-6,12-13H2,1-4H3,(H,27,30). The number of nitrogens with one attached hydrogen (secondary N) is 1. The Morgan fingerprint density at radius 1 is 1.19 bits per heavy atom. The molecule has 0 bridgehead atoms. The second-order valence-electron chi connectivity index (χ2n) is 8.19. The van der Waals surface area contributed by atoms with Gasteiger partial charge in [-0.2, -0.15) is 0 Å². The highest BCUT2D eigenvalue weighted by molar-refractivity contribution is 5.81. The number of nitrogens with zero attached hydrogens (tertiary/aromatic N) is 1. The second-order valence-corrected chi connectivity index (χ2v) is 8.19. The van der Waals surface area contributed by atoms with E-state index in [0.717, 1.165) is 23.1 Å². The fourth-order valence-corrected chi connectivity index (χ4v) is 4.04. The van der Waals surface area contributed by atoms with Crippen molar-refractivity contribution in [3.8, 4) is 5.75 Å². The Labute approximate surface area is 183 Å². The highest BCUT2D eigenvalue weighted by atomic mass is 19.1. The van der Waals surface area contributed by atoms with E-state index in [-0.39, 0.29) is 29.7 Å². The normalized spacial score (nSPS) is 16.6. The van der Waals surface area contributed by atoms with Crippen LogP contribution in [0.3, 0.4) is 0 Å². The SMILES string of the molecule is CCC(=O)N1CCc2ccc(OC(CC)C(=O)NC(C)C)cc2C1c1cccc(F)c1. The first-order valence-corrected chi connectivity index (χ1v) is 11.0. The molecular formula is C25H31FN2O3. The molecule has 1 heterocycles. The van der Waals surface area contributed by atoms with Crippen molar-refractivity contribution in [1.82, 2.24) is 10.2 Å². The van der Waals surface area contributed by atoms with Crippen LogP contribution in [0.2, 0.25) is 0 Å². The van der Waals surface area contributed by atoms with Crippen LogP contribution in [0.5, 0.6) is 5.75 Å². The van der Waals surface area contributed by atoms with Gasteiger partial charge in [0, 0.05) is 19.0 Å². The van der Waals surface area contributed by atoms with Crippen LogP contribution in [0.25, 0.3) is 0 Å². The summed E-state index contributed by atoms with van der Waals surface area (Å²) in [6.45, 7) is 8.13. The maximum Gasteiger partial charge on any atom is 0.261 e. The zero-order valence-electron chi connectivity index (χ0n) is 18.7. The highest BCUT2D eigenvalue weighted by Gasteiger charge is 2.32. The Kier molecular flexibility index (Phi) is 7.31. The lowest BCUT2D eigenvalue weighted by Crippen LogP contribution is -2.41. The molecule has 2 unspecified atom stereocenters. The summed E-state index contributed by atoms with van der Waals surface area (Å²) in [6.07, 6.45) is 1.02. The van der Waals surface area contributed by atoms with Crippen LogP contribution in [0.1, 0.15) is 63.3 Å². The predicted octanol–water partition coefficient (Wildman–Crippen LogP) is 4.39. The van der Waals surface area contributed by atoms with Crippen LogP contribution >= 0.6 is 0 Å². The largest absolute Gasteiger partial charge is 0.481 e. The molecule has 166 valence electrons. The van der Waals surface area contributed by atoms with Gasteiger partial charge in [0.2, 0.25) is 5.91 Å². The van der Waals surface area contributed by atoms with Crippen LogP contribution in [0, 0.1) is 5.82 Å². The summed E-state index contributed by atoms with van der Waals surface area (Å²) in [4.78, 5) is 27.0. The summed E-state index contributed by atoms with van der Waals surface area (Å²) in [6, 6.07) is 11.8. The molecule has 2 aromatic carbocycles. The van der Waals surface area contributed by atoms with Gasteiger partial charge in [0.15, 0.2) is 6.10 Å². The average molecular weight is 427 g/mol. The molecule has 0 saturated heterocycles. The van der Waals surface area contributed by atoms with Gasteiger partial charge in [-0.25, -0.2) is 4.39 Å². The van der Waals surface area contributed by atoms with Crippen molar-refractivity contribution in [1.29, 1.82) is 0 Å². The summed E-state index contributed by atoms with van der Waals surface area (Å²) >= 11 is 0. The lowest BCUT2D eigenvalue weighted by Gasteiger charge is -2.38. The molecule has 1 N–H and O–H groups in total. The highest BCUT2D eigenvalue weighted by Crippen LogP contribution is 2.38. The van der Waals surface area contributed by atoms with E-state index in [9.17, 15) is 14.0 Å². The number of amides is 2. The van der Waals surface area contributed by atoms with Crippen molar-refractivity contribution in [2.24, 2.45) is 0 Å². The first-order valence-electron chi connectivity index (χ1n) is 11.0. The number of benzene rings is 2. The molecule has 0 aliphatic carbocycles. The summed E-state index contributed by atoms with van der Waals surface area (Å²) in [5.41, 5.74) is 2.74. The van der Waals surface area contributed by atoms with Crippen LogP contribution < -0.4 is 10.1 Å². The minimum absolute atomic E-state index is 0.0222. The van der Waals surface area contributed by atoms with E-state index in [4.69, 9.17) is 4.74 Å².